The van der Waals surface area contributed by atoms with Gasteiger partial charge in [0, 0.05) is 6.42 Å². The minimum Gasteiger partial charge on any atom is -0.506 e. The zero-order valence-corrected chi connectivity index (χ0v) is 18.2. The van der Waals surface area contributed by atoms with Gasteiger partial charge < -0.3 is 9.84 Å². The van der Waals surface area contributed by atoms with E-state index >= 15 is 0 Å². The summed E-state index contributed by atoms with van der Waals surface area (Å²) in [4.78, 5) is 11.9. The highest BCUT2D eigenvalue weighted by Crippen LogP contribution is 2.45. The van der Waals surface area contributed by atoms with E-state index in [9.17, 15) is 23.1 Å². The van der Waals surface area contributed by atoms with Gasteiger partial charge in [-0.25, -0.2) is 0 Å². The van der Waals surface area contributed by atoms with Crippen LogP contribution in [0.2, 0.25) is 0 Å². The first-order valence-electron chi connectivity index (χ1n) is 11.5. The number of carbonyl (C=O) groups is 1. The summed E-state index contributed by atoms with van der Waals surface area (Å²) in [6, 6.07) is 2.39. The summed E-state index contributed by atoms with van der Waals surface area (Å²) in [6.45, 7) is 5.64. The van der Waals surface area contributed by atoms with E-state index in [2.05, 4.69) is 12.7 Å². The smallest absolute Gasteiger partial charge is 0.423 e. The lowest BCUT2D eigenvalue weighted by Crippen LogP contribution is -2.27. The van der Waals surface area contributed by atoms with Crippen molar-refractivity contribution in [2.75, 3.05) is 6.61 Å². The van der Waals surface area contributed by atoms with Crippen molar-refractivity contribution in [2.45, 2.75) is 70.9 Å². The Kier molecular flexibility index (Phi) is 7.71. The van der Waals surface area contributed by atoms with Gasteiger partial charge in [-0.3, -0.25) is 4.79 Å². The summed E-state index contributed by atoms with van der Waals surface area (Å²) >= 11 is 0. The van der Waals surface area contributed by atoms with E-state index in [4.69, 9.17) is 4.74 Å². The fourth-order valence-corrected chi connectivity index (χ4v) is 5.27. The van der Waals surface area contributed by atoms with Gasteiger partial charge in [0.05, 0.1) is 12.2 Å². The number of phenols is 1. The molecule has 0 heterocycles. The molecule has 0 spiro atoms. The van der Waals surface area contributed by atoms with Gasteiger partial charge in [0.1, 0.15) is 17.1 Å². The highest BCUT2D eigenvalue weighted by molar-refractivity contribution is 5.99. The predicted molar refractivity (Wildman–Crippen MR) is 114 cm³/mol. The predicted octanol–water partition coefficient (Wildman–Crippen LogP) is 7.18. The van der Waals surface area contributed by atoms with E-state index in [1.165, 1.54) is 31.7 Å². The van der Waals surface area contributed by atoms with Crippen LogP contribution < -0.4 is 4.74 Å². The van der Waals surface area contributed by atoms with Crippen molar-refractivity contribution in [3.05, 3.63) is 35.9 Å². The van der Waals surface area contributed by atoms with Crippen LogP contribution in [0.3, 0.4) is 0 Å². The van der Waals surface area contributed by atoms with Gasteiger partial charge in [0.25, 0.3) is 0 Å². The van der Waals surface area contributed by atoms with Crippen LogP contribution in [0.15, 0.2) is 24.8 Å². The van der Waals surface area contributed by atoms with Crippen molar-refractivity contribution in [1.29, 1.82) is 0 Å². The lowest BCUT2D eigenvalue weighted by atomic mass is 9.69. The molecule has 2 aliphatic rings. The molecule has 31 heavy (non-hydrogen) atoms. The molecule has 1 aromatic carbocycles. The average Bonchev–Trinajstić information content (AvgIpc) is 2.76. The molecule has 0 atom stereocenters. The maximum Gasteiger partial charge on any atom is 0.423 e. The normalized spacial score (nSPS) is 27.0. The molecule has 1 aromatic rings. The third-order valence-electron chi connectivity index (χ3n) is 7.23. The van der Waals surface area contributed by atoms with Crippen molar-refractivity contribution < 1.29 is 27.8 Å². The molecule has 0 radical (unpaired) electrons. The van der Waals surface area contributed by atoms with Crippen LogP contribution in [0, 0.1) is 23.7 Å². The van der Waals surface area contributed by atoms with Crippen LogP contribution in [0.4, 0.5) is 13.2 Å². The maximum absolute atomic E-state index is 13.6. The molecule has 3 rings (SSSR count). The van der Waals surface area contributed by atoms with Crippen LogP contribution >= 0.6 is 0 Å². The Hall–Kier alpha value is -1.98. The summed E-state index contributed by atoms with van der Waals surface area (Å²) in [5, 5.41) is 10.1. The number of halogens is 3. The molecular formula is C25H33F3O3. The number of Topliss-reactive ketones (excluding diaryl/α,β-unsaturated/α-hetero) is 1. The highest BCUT2D eigenvalue weighted by Gasteiger charge is 2.40. The molecule has 3 nitrogen and oxygen atoms in total. The first-order chi connectivity index (χ1) is 14.7. The second-order valence-corrected chi connectivity index (χ2v) is 9.11. The van der Waals surface area contributed by atoms with Gasteiger partial charge in [0.15, 0.2) is 5.78 Å². The van der Waals surface area contributed by atoms with E-state index in [0.29, 0.717) is 11.8 Å². The highest BCUT2D eigenvalue weighted by atomic mass is 19.4. The first kappa shape index (κ1) is 23.7. The molecule has 0 unspecified atom stereocenters. The number of ketones is 1. The minimum atomic E-state index is -4.80. The number of hydrogen-bond donors (Lipinski definition) is 1. The summed E-state index contributed by atoms with van der Waals surface area (Å²) < 4.78 is 46.3. The number of aromatic hydroxyl groups is 1. The van der Waals surface area contributed by atoms with Gasteiger partial charge in [0.2, 0.25) is 0 Å². The molecule has 0 bridgehead atoms. The number of alkyl halides is 3. The fourth-order valence-electron chi connectivity index (χ4n) is 5.27. The summed E-state index contributed by atoms with van der Waals surface area (Å²) in [5.74, 6) is 0.361. The van der Waals surface area contributed by atoms with E-state index in [1.54, 1.807) is 6.92 Å². The first-order valence-corrected chi connectivity index (χ1v) is 11.5. The molecule has 0 aromatic heterocycles. The van der Waals surface area contributed by atoms with Crippen molar-refractivity contribution in [3.63, 3.8) is 0 Å². The zero-order chi connectivity index (χ0) is 22.6. The summed E-state index contributed by atoms with van der Waals surface area (Å²) in [7, 11) is 0. The standard InChI is InChI=1S/C25H33F3O3/c1-3-16-5-9-18(10-6-16)19-11-7-17(8-12-19)15-31-22-14-13-20(21(29)4-2)24(30)23(22)25(26,27)28/h3,13-14,16-19,30H,1,4-12,15H2,2H3. The molecular weight excluding hydrogens is 405 g/mol. The second kappa shape index (κ2) is 10.1. The fraction of sp³-hybridized carbons (Fsp3) is 0.640. The monoisotopic (exact) mass is 438 g/mol. The lowest BCUT2D eigenvalue weighted by molar-refractivity contribution is -0.140. The Morgan fingerprint density at radius 1 is 1.10 bits per heavy atom. The van der Waals surface area contributed by atoms with E-state index in [1.807, 2.05) is 0 Å². The van der Waals surface area contributed by atoms with Crippen molar-refractivity contribution in [1.82, 2.24) is 0 Å². The molecule has 0 aliphatic heterocycles. The van der Waals surface area contributed by atoms with Gasteiger partial charge in [-0.05, 0) is 87.2 Å². The molecule has 1 N–H and O–H groups in total. The molecule has 2 saturated carbocycles. The second-order valence-electron chi connectivity index (χ2n) is 9.11. The number of benzene rings is 1. The zero-order valence-electron chi connectivity index (χ0n) is 18.2. The number of hydrogen-bond acceptors (Lipinski definition) is 3. The van der Waals surface area contributed by atoms with Crippen LogP contribution in [0.1, 0.15) is 80.6 Å². The molecule has 0 amide bonds. The number of ether oxygens (including phenoxy) is 1. The molecule has 0 saturated heterocycles. The molecule has 172 valence electrons. The average molecular weight is 439 g/mol. The van der Waals surface area contributed by atoms with Gasteiger partial charge in [-0.15, -0.1) is 6.58 Å². The van der Waals surface area contributed by atoms with Crippen LogP contribution in [-0.2, 0) is 6.18 Å². The topological polar surface area (TPSA) is 46.5 Å². The van der Waals surface area contributed by atoms with Crippen LogP contribution in [0.5, 0.6) is 11.5 Å². The van der Waals surface area contributed by atoms with Crippen LogP contribution in [-0.4, -0.2) is 17.5 Å². The van der Waals surface area contributed by atoms with Gasteiger partial charge in [-0.1, -0.05) is 13.0 Å². The molecule has 6 heteroatoms. The lowest BCUT2D eigenvalue weighted by Gasteiger charge is -2.37. The van der Waals surface area contributed by atoms with Gasteiger partial charge in [-0.2, -0.15) is 13.2 Å². The number of carbonyl (C=O) groups excluding carboxylic acids is 1. The SMILES string of the molecule is C=CC1CCC(C2CCC(COc3ccc(C(=O)CC)c(O)c3C(F)(F)F)CC2)CC1. The third-order valence-corrected chi connectivity index (χ3v) is 7.23. The molecule has 2 fully saturated rings. The Morgan fingerprint density at radius 2 is 1.68 bits per heavy atom. The van der Waals surface area contributed by atoms with Crippen molar-refractivity contribution in [2.24, 2.45) is 23.7 Å². The Labute approximate surface area is 182 Å². The van der Waals surface area contributed by atoms with E-state index in [-0.39, 0.29) is 24.5 Å². The Balaban J connectivity index is 1.59. The third kappa shape index (κ3) is 5.64. The van der Waals surface area contributed by atoms with E-state index < -0.39 is 29.0 Å². The number of rotatable bonds is 7. The van der Waals surface area contributed by atoms with E-state index in [0.717, 1.165) is 37.7 Å². The van der Waals surface area contributed by atoms with Crippen molar-refractivity contribution >= 4 is 5.78 Å². The molecule has 2 aliphatic carbocycles. The number of allylic oxidation sites excluding steroid dienone is 1. The van der Waals surface area contributed by atoms with Crippen LogP contribution in [0.25, 0.3) is 0 Å². The quantitative estimate of drug-likeness (QED) is 0.362. The Morgan fingerprint density at radius 3 is 2.19 bits per heavy atom. The summed E-state index contributed by atoms with van der Waals surface area (Å²) in [6.07, 6.45) is 6.32. The van der Waals surface area contributed by atoms with Gasteiger partial charge >= 0.3 is 6.18 Å². The Bertz CT molecular complexity index is 771. The largest absolute Gasteiger partial charge is 0.506 e. The maximum atomic E-state index is 13.6. The number of phenolic OH excluding ortho intramolecular Hbond substituents is 1. The summed E-state index contributed by atoms with van der Waals surface area (Å²) in [5.41, 5.74) is -1.56. The minimum absolute atomic E-state index is 0.0174. The van der Waals surface area contributed by atoms with Crippen molar-refractivity contribution in [3.8, 4) is 11.5 Å².